The first-order chi connectivity index (χ1) is 13.7. The highest BCUT2D eigenvalue weighted by atomic mass is 32.2. The van der Waals surface area contributed by atoms with Crippen LogP contribution in [0.5, 0.6) is 0 Å². The third-order valence-corrected chi connectivity index (χ3v) is 6.88. The molecule has 1 aliphatic rings. The van der Waals surface area contributed by atoms with Crippen LogP contribution in [-0.2, 0) is 10.0 Å². The molecule has 0 saturated carbocycles. The van der Waals surface area contributed by atoms with Gasteiger partial charge in [-0.2, -0.15) is 5.10 Å². The normalized spacial score (nSPS) is 16.0. The van der Waals surface area contributed by atoms with Crippen LogP contribution in [0.4, 0.5) is 19.3 Å². The first-order valence-corrected chi connectivity index (χ1v) is 10.8. The smallest absolute Gasteiger partial charge is 0.321 e. The van der Waals surface area contributed by atoms with E-state index < -0.39 is 21.7 Å². The Morgan fingerprint density at radius 1 is 1.24 bits per heavy atom. The van der Waals surface area contributed by atoms with Crippen molar-refractivity contribution in [1.29, 1.82) is 0 Å². The van der Waals surface area contributed by atoms with Crippen molar-refractivity contribution < 1.29 is 22.0 Å². The Morgan fingerprint density at radius 2 is 1.86 bits per heavy atom. The van der Waals surface area contributed by atoms with E-state index in [0.717, 1.165) is 18.2 Å². The van der Waals surface area contributed by atoms with Crippen molar-refractivity contribution >= 4 is 21.7 Å². The lowest BCUT2D eigenvalue weighted by Gasteiger charge is -2.35. The van der Waals surface area contributed by atoms with Crippen LogP contribution in [0, 0.1) is 11.6 Å². The van der Waals surface area contributed by atoms with E-state index in [2.05, 4.69) is 10.4 Å². The van der Waals surface area contributed by atoms with E-state index in [4.69, 9.17) is 0 Å². The SMILES string of the molecule is CCS(=O)(=O)N1CCC(N(C)C(=O)Nc2cnn(-c3cc(F)cc(F)c3)c2)CC1. The zero-order valence-corrected chi connectivity index (χ0v) is 17.0. The summed E-state index contributed by atoms with van der Waals surface area (Å²) in [6.45, 7) is 2.36. The van der Waals surface area contributed by atoms with E-state index in [1.165, 1.54) is 26.3 Å². The lowest BCUT2D eigenvalue weighted by molar-refractivity contribution is 0.174. The highest BCUT2D eigenvalue weighted by Gasteiger charge is 2.30. The number of carbonyl (C=O) groups is 1. The number of nitrogens with one attached hydrogen (secondary N) is 1. The summed E-state index contributed by atoms with van der Waals surface area (Å²) in [4.78, 5) is 14.1. The van der Waals surface area contributed by atoms with Crippen LogP contribution in [0.1, 0.15) is 19.8 Å². The fourth-order valence-corrected chi connectivity index (χ4v) is 4.40. The summed E-state index contributed by atoms with van der Waals surface area (Å²) in [7, 11) is -1.57. The fourth-order valence-electron chi connectivity index (χ4n) is 3.27. The van der Waals surface area contributed by atoms with Gasteiger partial charge in [-0.25, -0.2) is 31.0 Å². The number of urea groups is 1. The second-order valence-electron chi connectivity index (χ2n) is 6.87. The Balaban J connectivity index is 1.60. The monoisotopic (exact) mass is 427 g/mol. The van der Waals surface area contributed by atoms with Crippen molar-refractivity contribution in [3.05, 3.63) is 42.2 Å². The van der Waals surface area contributed by atoms with Crippen LogP contribution in [-0.4, -0.2) is 65.4 Å². The number of hydrogen-bond acceptors (Lipinski definition) is 4. The van der Waals surface area contributed by atoms with Gasteiger partial charge in [-0.05, 0) is 31.9 Å². The van der Waals surface area contributed by atoms with Gasteiger partial charge >= 0.3 is 6.03 Å². The summed E-state index contributed by atoms with van der Waals surface area (Å²) < 4.78 is 53.3. The molecule has 1 aliphatic heterocycles. The van der Waals surface area contributed by atoms with E-state index in [-0.39, 0.29) is 23.5 Å². The lowest BCUT2D eigenvalue weighted by Crippen LogP contribution is -2.48. The maximum absolute atomic E-state index is 13.4. The van der Waals surface area contributed by atoms with E-state index in [1.807, 2.05) is 0 Å². The van der Waals surface area contributed by atoms with Gasteiger partial charge in [0.05, 0.1) is 29.5 Å². The van der Waals surface area contributed by atoms with Gasteiger partial charge in [-0.1, -0.05) is 0 Å². The maximum Gasteiger partial charge on any atom is 0.321 e. The molecule has 8 nitrogen and oxygen atoms in total. The molecule has 0 aliphatic carbocycles. The minimum atomic E-state index is -3.22. The number of sulfonamides is 1. The minimum Gasteiger partial charge on any atom is -0.325 e. The average Bonchev–Trinajstić information content (AvgIpc) is 3.15. The molecule has 0 atom stereocenters. The van der Waals surface area contributed by atoms with Crippen LogP contribution >= 0.6 is 0 Å². The summed E-state index contributed by atoms with van der Waals surface area (Å²) in [5.74, 6) is -1.39. The highest BCUT2D eigenvalue weighted by molar-refractivity contribution is 7.89. The average molecular weight is 427 g/mol. The fraction of sp³-hybridized carbons (Fsp3) is 0.444. The Hall–Kier alpha value is -2.53. The van der Waals surface area contributed by atoms with Gasteiger partial charge in [-0.15, -0.1) is 0 Å². The van der Waals surface area contributed by atoms with Crippen molar-refractivity contribution in [2.45, 2.75) is 25.8 Å². The van der Waals surface area contributed by atoms with Crippen molar-refractivity contribution in [2.24, 2.45) is 0 Å². The zero-order chi connectivity index (χ0) is 21.2. The summed E-state index contributed by atoms with van der Waals surface area (Å²) in [6, 6.07) is 2.57. The molecule has 1 aromatic heterocycles. The summed E-state index contributed by atoms with van der Waals surface area (Å²) in [5, 5.41) is 6.71. The first-order valence-electron chi connectivity index (χ1n) is 9.22. The third kappa shape index (κ3) is 4.91. The van der Waals surface area contributed by atoms with Crippen LogP contribution in [0.2, 0.25) is 0 Å². The number of rotatable bonds is 5. The zero-order valence-electron chi connectivity index (χ0n) is 16.2. The van der Waals surface area contributed by atoms with Gasteiger partial charge < -0.3 is 10.2 Å². The van der Waals surface area contributed by atoms with Gasteiger partial charge in [-0.3, -0.25) is 0 Å². The van der Waals surface area contributed by atoms with Crippen molar-refractivity contribution in [3.8, 4) is 5.69 Å². The van der Waals surface area contributed by atoms with E-state index in [0.29, 0.717) is 31.6 Å². The maximum atomic E-state index is 13.4. The summed E-state index contributed by atoms with van der Waals surface area (Å²) in [5.41, 5.74) is 0.568. The van der Waals surface area contributed by atoms with E-state index >= 15 is 0 Å². The third-order valence-electron chi connectivity index (χ3n) is 5.00. The molecule has 2 amide bonds. The molecular weight excluding hydrogens is 404 g/mol. The van der Waals surface area contributed by atoms with Gasteiger partial charge in [0.25, 0.3) is 0 Å². The largest absolute Gasteiger partial charge is 0.325 e. The molecule has 1 fully saturated rings. The molecule has 0 unspecified atom stereocenters. The number of aromatic nitrogens is 2. The highest BCUT2D eigenvalue weighted by Crippen LogP contribution is 2.20. The van der Waals surface area contributed by atoms with Crippen LogP contribution < -0.4 is 5.32 Å². The topological polar surface area (TPSA) is 87.5 Å². The predicted molar refractivity (Wildman–Crippen MR) is 104 cm³/mol. The standard InChI is InChI=1S/C18H23F2N5O3S/c1-3-29(27,28)24-6-4-16(5-7-24)23(2)18(26)22-15-11-21-25(12-15)17-9-13(19)8-14(20)10-17/h8-12,16H,3-7H2,1-2H3,(H,22,26). The molecule has 1 N–H and O–H groups in total. The second kappa shape index (κ2) is 8.46. The molecular formula is C18H23F2N5O3S. The number of carbonyl (C=O) groups excluding carboxylic acids is 1. The van der Waals surface area contributed by atoms with Crippen LogP contribution in [0.3, 0.4) is 0 Å². The van der Waals surface area contributed by atoms with Gasteiger partial charge in [0, 0.05) is 32.2 Å². The molecule has 3 rings (SSSR count). The number of piperidine rings is 1. The number of nitrogens with zero attached hydrogens (tertiary/aromatic N) is 4. The molecule has 0 spiro atoms. The number of anilines is 1. The van der Waals surface area contributed by atoms with Crippen LogP contribution in [0.15, 0.2) is 30.6 Å². The van der Waals surface area contributed by atoms with E-state index in [9.17, 15) is 22.0 Å². The van der Waals surface area contributed by atoms with Gasteiger partial charge in [0.2, 0.25) is 10.0 Å². The molecule has 1 saturated heterocycles. The first kappa shape index (κ1) is 21.2. The molecule has 29 heavy (non-hydrogen) atoms. The Morgan fingerprint density at radius 3 is 2.45 bits per heavy atom. The van der Waals surface area contributed by atoms with E-state index in [1.54, 1.807) is 14.0 Å². The second-order valence-corrected chi connectivity index (χ2v) is 9.13. The number of hydrogen-bond donors (Lipinski definition) is 1. The van der Waals surface area contributed by atoms with Crippen molar-refractivity contribution in [3.63, 3.8) is 0 Å². The van der Waals surface area contributed by atoms with Crippen molar-refractivity contribution in [1.82, 2.24) is 19.0 Å². The Labute approximate surface area is 168 Å². The van der Waals surface area contributed by atoms with Crippen LogP contribution in [0.25, 0.3) is 5.69 Å². The quantitative estimate of drug-likeness (QED) is 0.794. The Kier molecular flexibility index (Phi) is 6.18. The molecule has 0 bridgehead atoms. The van der Waals surface area contributed by atoms with Gasteiger partial charge in [0.15, 0.2) is 0 Å². The van der Waals surface area contributed by atoms with Crippen molar-refractivity contribution in [2.75, 3.05) is 31.2 Å². The lowest BCUT2D eigenvalue weighted by atomic mass is 10.1. The van der Waals surface area contributed by atoms with Gasteiger partial charge in [0.1, 0.15) is 11.6 Å². The number of benzene rings is 1. The minimum absolute atomic E-state index is 0.0627. The molecule has 2 heterocycles. The molecule has 11 heteroatoms. The summed E-state index contributed by atoms with van der Waals surface area (Å²) >= 11 is 0. The molecule has 0 radical (unpaired) electrons. The predicted octanol–water partition coefficient (Wildman–Crippen LogP) is 2.43. The number of amides is 2. The molecule has 2 aromatic rings. The number of halogens is 2. The summed E-state index contributed by atoms with van der Waals surface area (Å²) in [6.07, 6.45) is 3.93. The molecule has 158 valence electrons. The molecule has 1 aromatic carbocycles. The Bertz CT molecular complexity index is 967.